The Labute approximate surface area is 187 Å². The second-order valence-electron chi connectivity index (χ2n) is 7.24. The van der Waals surface area contributed by atoms with Crippen molar-refractivity contribution in [3.63, 3.8) is 0 Å². The van der Waals surface area contributed by atoms with Gasteiger partial charge >= 0.3 is 0 Å². The summed E-state index contributed by atoms with van der Waals surface area (Å²) in [6, 6.07) is 7.97. The number of aromatic nitrogens is 5. The van der Waals surface area contributed by atoms with Gasteiger partial charge < -0.3 is 4.98 Å². The summed E-state index contributed by atoms with van der Waals surface area (Å²) in [7, 11) is 0. The van der Waals surface area contributed by atoms with Crippen LogP contribution in [0.5, 0.6) is 0 Å². The van der Waals surface area contributed by atoms with Gasteiger partial charge in [-0.05, 0) is 49.3 Å². The van der Waals surface area contributed by atoms with E-state index in [4.69, 9.17) is 0 Å². The maximum absolute atomic E-state index is 4.61. The Morgan fingerprint density at radius 3 is 2.75 bits per heavy atom. The molecule has 4 heterocycles. The summed E-state index contributed by atoms with van der Waals surface area (Å²) >= 11 is 0. The summed E-state index contributed by atoms with van der Waals surface area (Å²) in [6.07, 6.45) is 17.2. The van der Waals surface area contributed by atoms with Crippen molar-refractivity contribution in [1.29, 1.82) is 0 Å². The van der Waals surface area contributed by atoms with Crippen LogP contribution in [0.3, 0.4) is 0 Å². The average molecular weight is 420 g/mol. The quantitative estimate of drug-likeness (QED) is 0.439. The molecule has 5 heteroatoms. The van der Waals surface area contributed by atoms with Crippen LogP contribution in [0.2, 0.25) is 0 Å². The van der Waals surface area contributed by atoms with Gasteiger partial charge in [0.2, 0.25) is 0 Å². The van der Waals surface area contributed by atoms with Gasteiger partial charge in [0, 0.05) is 28.6 Å². The highest BCUT2D eigenvalue weighted by Gasteiger charge is 2.13. The molecule has 5 nitrogen and oxygen atoms in total. The van der Waals surface area contributed by atoms with Crippen LogP contribution in [0, 0.1) is 0 Å². The smallest absolute Gasteiger partial charge is 0.116 e. The molecule has 0 fully saturated rings. The van der Waals surface area contributed by atoms with Crippen LogP contribution in [0.15, 0.2) is 91.5 Å². The summed E-state index contributed by atoms with van der Waals surface area (Å²) < 4.78 is 0. The zero-order chi connectivity index (χ0) is 22.5. The highest BCUT2D eigenvalue weighted by molar-refractivity contribution is 5.96. The third kappa shape index (κ3) is 4.01. The molecule has 4 aromatic rings. The standard InChI is InChI=1S/C27H25N5/c1-5-8-11-19(6-2)18(4)14-21-23(7-3)31-32-27(21)25-15-20-22(16-28-17-26(20)30-25)24-12-9-10-13-29-24/h5-17,30-31H,1,4H2,2-3H3/b11-8-,19-6+,21-14+,23-7+. The predicted octanol–water partition coefficient (Wildman–Crippen LogP) is 4.84. The van der Waals surface area contributed by atoms with Crippen molar-refractivity contribution < 1.29 is 0 Å². The molecule has 32 heavy (non-hydrogen) atoms. The zero-order valence-electron chi connectivity index (χ0n) is 18.3. The Hall–Kier alpha value is -4.25. The first kappa shape index (κ1) is 21.0. The number of allylic oxidation sites excluding steroid dienone is 6. The Balaban J connectivity index is 1.87. The lowest BCUT2D eigenvalue weighted by Crippen LogP contribution is -2.23. The minimum absolute atomic E-state index is 0.825. The van der Waals surface area contributed by atoms with E-state index in [1.165, 1.54) is 0 Å². The number of H-pyrrole nitrogens is 2. The first-order valence-electron chi connectivity index (χ1n) is 10.4. The molecule has 2 N–H and O–H groups in total. The maximum Gasteiger partial charge on any atom is 0.116 e. The topological polar surface area (TPSA) is 70.2 Å². The first-order valence-corrected chi connectivity index (χ1v) is 10.4. The zero-order valence-corrected chi connectivity index (χ0v) is 18.3. The number of nitrogens with zero attached hydrogens (tertiary/aromatic N) is 3. The van der Waals surface area contributed by atoms with E-state index in [1.807, 2.05) is 68.7 Å². The molecule has 4 rings (SSSR count). The van der Waals surface area contributed by atoms with Crippen molar-refractivity contribution in [2.45, 2.75) is 13.8 Å². The van der Waals surface area contributed by atoms with Crippen molar-refractivity contribution in [2.75, 3.05) is 0 Å². The number of hydrogen-bond acceptors (Lipinski definition) is 3. The van der Waals surface area contributed by atoms with E-state index in [9.17, 15) is 0 Å². The summed E-state index contributed by atoms with van der Waals surface area (Å²) in [5.74, 6) is 0. The molecule has 0 aliphatic heterocycles. The third-order valence-corrected chi connectivity index (χ3v) is 5.28. The van der Waals surface area contributed by atoms with Gasteiger partial charge in [0.05, 0.1) is 28.5 Å². The number of hydrogen-bond donors (Lipinski definition) is 2. The first-order chi connectivity index (χ1) is 15.7. The van der Waals surface area contributed by atoms with Crippen LogP contribution in [-0.4, -0.2) is 25.1 Å². The molecule has 158 valence electrons. The lowest BCUT2D eigenvalue weighted by atomic mass is 10.0. The minimum atomic E-state index is 0.825. The van der Waals surface area contributed by atoms with Crippen LogP contribution in [0.1, 0.15) is 13.8 Å². The van der Waals surface area contributed by atoms with Crippen LogP contribution >= 0.6 is 0 Å². The van der Waals surface area contributed by atoms with Gasteiger partial charge in [-0.25, -0.2) is 0 Å². The van der Waals surface area contributed by atoms with Crippen LogP contribution in [-0.2, 0) is 0 Å². The maximum atomic E-state index is 4.61. The molecule has 0 bridgehead atoms. The highest BCUT2D eigenvalue weighted by atomic mass is 15.1. The second-order valence-corrected chi connectivity index (χ2v) is 7.24. The summed E-state index contributed by atoms with van der Waals surface area (Å²) in [4.78, 5) is 12.4. The largest absolute Gasteiger partial charge is 0.352 e. The van der Waals surface area contributed by atoms with Crippen LogP contribution in [0.4, 0.5) is 0 Å². The monoisotopic (exact) mass is 419 g/mol. The highest BCUT2D eigenvalue weighted by Crippen LogP contribution is 2.29. The Kier molecular flexibility index (Phi) is 6.08. The fourth-order valence-corrected chi connectivity index (χ4v) is 3.66. The Bertz CT molecular complexity index is 1460. The third-order valence-electron chi connectivity index (χ3n) is 5.28. The SMILES string of the molecule is C=C/C=C\C(=C/C)C(=C)/C=c1/c(-c2cc3c(-c4ccccn4)cncc3[nH]2)n[nH]/c1=C/C. The minimum Gasteiger partial charge on any atom is -0.352 e. The van der Waals surface area contributed by atoms with Crippen molar-refractivity contribution in [1.82, 2.24) is 25.1 Å². The van der Waals surface area contributed by atoms with Gasteiger partial charge in [-0.15, -0.1) is 0 Å². The molecular weight excluding hydrogens is 394 g/mol. The normalized spacial score (nSPS) is 13.4. The molecule has 0 aliphatic carbocycles. The molecule has 0 unspecified atom stereocenters. The fraction of sp³-hybridized carbons (Fsp3) is 0.0741. The van der Waals surface area contributed by atoms with Gasteiger partial charge in [-0.3, -0.25) is 15.1 Å². The van der Waals surface area contributed by atoms with Gasteiger partial charge in [-0.2, -0.15) is 5.10 Å². The van der Waals surface area contributed by atoms with Gasteiger partial charge in [0.25, 0.3) is 0 Å². The van der Waals surface area contributed by atoms with Gasteiger partial charge in [-0.1, -0.05) is 49.6 Å². The van der Waals surface area contributed by atoms with E-state index in [-0.39, 0.29) is 0 Å². The second kappa shape index (κ2) is 9.27. The molecule has 0 radical (unpaired) electrons. The van der Waals surface area contributed by atoms with E-state index in [2.05, 4.69) is 50.4 Å². The van der Waals surface area contributed by atoms with Crippen molar-refractivity contribution in [3.05, 3.63) is 102 Å². The lowest BCUT2D eigenvalue weighted by Gasteiger charge is -2.00. The summed E-state index contributed by atoms with van der Waals surface area (Å²) in [5.41, 5.74) is 6.43. The molecule has 0 spiro atoms. The molecule has 0 aliphatic rings. The molecule has 0 amide bonds. The molecule has 0 aromatic carbocycles. The number of rotatable bonds is 6. The van der Waals surface area contributed by atoms with E-state index in [0.717, 1.165) is 55.3 Å². The number of nitrogens with one attached hydrogen (secondary N) is 2. The molecule has 0 atom stereocenters. The number of aromatic amines is 2. The molecule has 4 aromatic heterocycles. The predicted molar refractivity (Wildman–Crippen MR) is 133 cm³/mol. The van der Waals surface area contributed by atoms with Crippen molar-refractivity contribution in [3.8, 4) is 22.6 Å². The van der Waals surface area contributed by atoms with E-state index < -0.39 is 0 Å². The lowest BCUT2D eigenvalue weighted by molar-refractivity contribution is 1.06. The van der Waals surface area contributed by atoms with E-state index in [0.29, 0.717) is 0 Å². The van der Waals surface area contributed by atoms with Crippen molar-refractivity contribution >= 4 is 23.1 Å². The fourth-order valence-electron chi connectivity index (χ4n) is 3.66. The van der Waals surface area contributed by atoms with Gasteiger partial charge in [0.1, 0.15) is 5.69 Å². The van der Waals surface area contributed by atoms with E-state index >= 15 is 0 Å². The molecule has 0 saturated heterocycles. The van der Waals surface area contributed by atoms with Gasteiger partial charge in [0.15, 0.2) is 0 Å². The summed E-state index contributed by atoms with van der Waals surface area (Å²) in [5, 5.41) is 10.7. The van der Waals surface area contributed by atoms with Crippen LogP contribution < -0.4 is 10.6 Å². The number of pyridine rings is 2. The van der Waals surface area contributed by atoms with Crippen LogP contribution in [0.25, 0.3) is 45.7 Å². The average Bonchev–Trinajstić information content (AvgIpc) is 3.43. The Morgan fingerprint density at radius 2 is 2.03 bits per heavy atom. The molecular formula is C27H25N5. The summed E-state index contributed by atoms with van der Waals surface area (Å²) in [6.45, 7) is 12.0. The Morgan fingerprint density at radius 1 is 1.16 bits per heavy atom. The number of fused-ring (bicyclic) bond motifs is 1. The van der Waals surface area contributed by atoms with E-state index in [1.54, 1.807) is 12.3 Å². The van der Waals surface area contributed by atoms with Crippen molar-refractivity contribution in [2.24, 2.45) is 0 Å². The molecule has 0 saturated carbocycles.